The summed E-state index contributed by atoms with van der Waals surface area (Å²) in [6.07, 6.45) is 1.06. The Labute approximate surface area is 149 Å². The lowest BCUT2D eigenvalue weighted by Gasteiger charge is -2.12. The highest BCUT2D eigenvalue weighted by molar-refractivity contribution is 6.31. The Morgan fingerprint density at radius 3 is 2.50 bits per heavy atom. The lowest BCUT2D eigenvalue weighted by molar-refractivity contribution is 0.289. The van der Waals surface area contributed by atoms with Crippen LogP contribution in [0.4, 0.5) is 5.69 Å². The van der Waals surface area contributed by atoms with Gasteiger partial charge in [-0.05, 0) is 55.2 Å². The van der Waals surface area contributed by atoms with Crippen molar-refractivity contribution in [3.05, 3.63) is 53.1 Å². The minimum absolute atomic E-state index is 0.583. The molecule has 0 heterocycles. The van der Waals surface area contributed by atoms with Gasteiger partial charge in [-0.1, -0.05) is 31.5 Å². The average molecular weight is 348 g/mol. The van der Waals surface area contributed by atoms with Crippen molar-refractivity contribution < 1.29 is 9.47 Å². The zero-order chi connectivity index (χ0) is 17.4. The minimum Gasteiger partial charge on any atom is -0.494 e. The fourth-order valence-electron chi connectivity index (χ4n) is 2.18. The van der Waals surface area contributed by atoms with Gasteiger partial charge in [0.2, 0.25) is 0 Å². The number of nitrogens with one attached hydrogen (secondary N) is 1. The number of hydrogen-bond donors (Lipinski definition) is 1. The van der Waals surface area contributed by atoms with E-state index in [1.807, 2.05) is 49.4 Å². The van der Waals surface area contributed by atoms with E-state index < -0.39 is 0 Å². The van der Waals surface area contributed by atoms with Gasteiger partial charge in [0.1, 0.15) is 18.1 Å². The molecule has 0 fully saturated rings. The van der Waals surface area contributed by atoms with Crippen LogP contribution in [0.1, 0.15) is 25.8 Å². The smallest absolute Gasteiger partial charge is 0.121 e. The number of benzene rings is 2. The number of halogens is 1. The summed E-state index contributed by atoms with van der Waals surface area (Å²) in [5.41, 5.74) is 2.06. The molecule has 2 aromatic rings. The van der Waals surface area contributed by atoms with E-state index in [0.29, 0.717) is 12.5 Å². The van der Waals surface area contributed by atoms with Gasteiger partial charge in [0.15, 0.2) is 0 Å². The zero-order valence-electron chi connectivity index (χ0n) is 14.6. The number of anilines is 1. The van der Waals surface area contributed by atoms with E-state index in [9.17, 15) is 0 Å². The average Bonchev–Trinajstić information content (AvgIpc) is 2.55. The van der Waals surface area contributed by atoms with E-state index in [2.05, 4.69) is 19.2 Å². The molecule has 3 nitrogen and oxygen atoms in total. The fraction of sp³-hybridized carbons (Fsp3) is 0.400. The summed E-state index contributed by atoms with van der Waals surface area (Å²) in [7, 11) is 0. The Balaban J connectivity index is 1.74. The SMILES string of the molecule is Cc1cc(OCCNc2cccc(OCCC(C)C)c2)ccc1Cl. The first kappa shape index (κ1) is 18.5. The highest BCUT2D eigenvalue weighted by atomic mass is 35.5. The summed E-state index contributed by atoms with van der Waals surface area (Å²) in [5, 5.41) is 4.11. The van der Waals surface area contributed by atoms with Gasteiger partial charge in [0.25, 0.3) is 0 Å². The molecule has 0 radical (unpaired) electrons. The van der Waals surface area contributed by atoms with Crippen LogP contribution in [-0.2, 0) is 0 Å². The summed E-state index contributed by atoms with van der Waals surface area (Å²) in [5.74, 6) is 2.39. The van der Waals surface area contributed by atoms with Crippen molar-refractivity contribution in [3.63, 3.8) is 0 Å². The molecule has 0 aliphatic rings. The molecule has 0 saturated carbocycles. The summed E-state index contributed by atoms with van der Waals surface area (Å²) < 4.78 is 11.5. The molecule has 1 N–H and O–H groups in total. The normalized spacial score (nSPS) is 10.7. The Morgan fingerprint density at radius 1 is 1.00 bits per heavy atom. The molecule has 24 heavy (non-hydrogen) atoms. The van der Waals surface area contributed by atoms with Crippen LogP contribution in [-0.4, -0.2) is 19.8 Å². The van der Waals surface area contributed by atoms with Gasteiger partial charge in [-0.3, -0.25) is 0 Å². The molecule has 0 bridgehead atoms. The van der Waals surface area contributed by atoms with Crippen molar-refractivity contribution in [1.82, 2.24) is 0 Å². The Hall–Kier alpha value is -1.87. The monoisotopic (exact) mass is 347 g/mol. The van der Waals surface area contributed by atoms with Crippen LogP contribution in [0, 0.1) is 12.8 Å². The second-order valence-corrected chi connectivity index (χ2v) is 6.65. The molecule has 2 aromatic carbocycles. The molecule has 0 atom stereocenters. The van der Waals surface area contributed by atoms with Crippen LogP contribution in [0.15, 0.2) is 42.5 Å². The van der Waals surface area contributed by atoms with E-state index in [1.165, 1.54) is 0 Å². The van der Waals surface area contributed by atoms with Gasteiger partial charge >= 0.3 is 0 Å². The number of hydrogen-bond acceptors (Lipinski definition) is 3. The van der Waals surface area contributed by atoms with Gasteiger partial charge in [0, 0.05) is 23.3 Å². The Morgan fingerprint density at radius 2 is 1.75 bits per heavy atom. The van der Waals surface area contributed by atoms with E-state index >= 15 is 0 Å². The quantitative estimate of drug-likeness (QED) is 0.602. The largest absolute Gasteiger partial charge is 0.494 e. The molecular weight excluding hydrogens is 322 g/mol. The molecule has 0 aliphatic carbocycles. The first-order valence-corrected chi connectivity index (χ1v) is 8.78. The first-order chi connectivity index (χ1) is 11.5. The summed E-state index contributed by atoms with van der Waals surface area (Å²) >= 11 is 6.01. The highest BCUT2D eigenvalue weighted by Gasteiger charge is 2.00. The molecule has 0 spiro atoms. The molecule has 0 aromatic heterocycles. The number of rotatable bonds is 9. The molecule has 0 amide bonds. The third-order valence-electron chi connectivity index (χ3n) is 3.63. The van der Waals surface area contributed by atoms with E-state index in [-0.39, 0.29) is 0 Å². The fourth-order valence-corrected chi connectivity index (χ4v) is 2.30. The molecule has 0 saturated heterocycles. The number of aryl methyl sites for hydroxylation is 1. The lowest BCUT2D eigenvalue weighted by Crippen LogP contribution is -2.11. The van der Waals surface area contributed by atoms with Crippen molar-refractivity contribution in [2.75, 3.05) is 25.1 Å². The van der Waals surface area contributed by atoms with E-state index in [4.69, 9.17) is 21.1 Å². The van der Waals surface area contributed by atoms with Gasteiger partial charge in [0.05, 0.1) is 6.61 Å². The van der Waals surface area contributed by atoms with Crippen molar-refractivity contribution in [1.29, 1.82) is 0 Å². The van der Waals surface area contributed by atoms with Crippen molar-refractivity contribution in [3.8, 4) is 11.5 Å². The van der Waals surface area contributed by atoms with Crippen molar-refractivity contribution in [2.24, 2.45) is 5.92 Å². The van der Waals surface area contributed by atoms with Crippen LogP contribution in [0.25, 0.3) is 0 Å². The topological polar surface area (TPSA) is 30.5 Å². The maximum atomic E-state index is 6.01. The van der Waals surface area contributed by atoms with Crippen LogP contribution < -0.4 is 14.8 Å². The van der Waals surface area contributed by atoms with Gasteiger partial charge < -0.3 is 14.8 Å². The third kappa shape index (κ3) is 6.32. The Bertz CT molecular complexity index is 643. The summed E-state index contributed by atoms with van der Waals surface area (Å²) in [6.45, 7) is 8.42. The van der Waals surface area contributed by atoms with Gasteiger partial charge in [-0.15, -0.1) is 0 Å². The van der Waals surface area contributed by atoms with Crippen molar-refractivity contribution >= 4 is 17.3 Å². The van der Waals surface area contributed by atoms with Crippen LogP contribution in [0.3, 0.4) is 0 Å². The minimum atomic E-state index is 0.583. The summed E-state index contributed by atoms with van der Waals surface area (Å²) in [6, 6.07) is 13.7. The maximum Gasteiger partial charge on any atom is 0.121 e. The van der Waals surface area contributed by atoms with Gasteiger partial charge in [-0.25, -0.2) is 0 Å². The van der Waals surface area contributed by atoms with E-state index in [0.717, 1.165) is 47.3 Å². The number of ether oxygens (including phenoxy) is 2. The van der Waals surface area contributed by atoms with Gasteiger partial charge in [-0.2, -0.15) is 0 Å². The molecule has 0 unspecified atom stereocenters. The predicted octanol–water partition coefficient (Wildman–Crippen LogP) is 5.56. The molecule has 0 aliphatic heterocycles. The standard InChI is InChI=1S/C20H26ClNO2/c1-15(2)9-11-23-18-6-4-5-17(14-18)22-10-12-24-19-7-8-20(21)16(3)13-19/h4-8,13-15,22H,9-12H2,1-3H3. The third-order valence-corrected chi connectivity index (χ3v) is 4.05. The van der Waals surface area contributed by atoms with Crippen molar-refractivity contribution in [2.45, 2.75) is 27.2 Å². The maximum absolute atomic E-state index is 6.01. The second kappa shape index (κ2) is 9.43. The second-order valence-electron chi connectivity index (χ2n) is 6.25. The highest BCUT2D eigenvalue weighted by Crippen LogP contribution is 2.21. The van der Waals surface area contributed by atoms with E-state index in [1.54, 1.807) is 0 Å². The molecule has 2 rings (SSSR count). The lowest BCUT2D eigenvalue weighted by atomic mass is 10.1. The summed E-state index contributed by atoms with van der Waals surface area (Å²) in [4.78, 5) is 0. The van der Waals surface area contributed by atoms with Crippen LogP contribution in [0.2, 0.25) is 5.02 Å². The first-order valence-electron chi connectivity index (χ1n) is 8.40. The zero-order valence-corrected chi connectivity index (χ0v) is 15.4. The molecule has 4 heteroatoms. The van der Waals surface area contributed by atoms with Crippen LogP contribution in [0.5, 0.6) is 11.5 Å². The Kier molecular flexibility index (Phi) is 7.26. The molecular formula is C20H26ClNO2. The molecule has 130 valence electrons. The predicted molar refractivity (Wildman–Crippen MR) is 102 cm³/mol. The van der Waals surface area contributed by atoms with Crippen LogP contribution >= 0.6 is 11.6 Å².